The first-order chi connectivity index (χ1) is 9.29. The Morgan fingerprint density at radius 1 is 1.00 bits per heavy atom. The molecule has 1 nitrogen and oxygen atoms in total. The molecule has 0 saturated heterocycles. The summed E-state index contributed by atoms with van der Waals surface area (Å²) in [4.78, 5) is 0. The van der Waals surface area contributed by atoms with E-state index in [0.29, 0.717) is 5.92 Å². The van der Waals surface area contributed by atoms with Crippen molar-refractivity contribution in [3.63, 3.8) is 0 Å². The van der Waals surface area contributed by atoms with Gasteiger partial charge in [-0.15, -0.1) is 0 Å². The zero-order chi connectivity index (χ0) is 13.5. The van der Waals surface area contributed by atoms with E-state index in [4.69, 9.17) is 0 Å². The molecule has 0 fully saturated rings. The van der Waals surface area contributed by atoms with Crippen LogP contribution < -0.4 is 5.32 Å². The maximum Gasteiger partial charge on any atom is 0.00172 e. The van der Waals surface area contributed by atoms with Crippen LogP contribution in [0.25, 0.3) is 0 Å². The van der Waals surface area contributed by atoms with Crippen LogP contribution in [0.3, 0.4) is 0 Å². The normalized spacial score (nSPS) is 12.3. The fraction of sp³-hybridized carbons (Fsp3) is 0.333. The van der Waals surface area contributed by atoms with Crippen LogP contribution in [0.5, 0.6) is 0 Å². The molecule has 0 aromatic heterocycles. The summed E-state index contributed by atoms with van der Waals surface area (Å²) in [6.45, 7) is 3.20. The van der Waals surface area contributed by atoms with E-state index in [1.807, 2.05) is 7.05 Å². The van der Waals surface area contributed by atoms with Gasteiger partial charge >= 0.3 is 0 Å². The van der Waals surface area contributed by atoms with Crippen LogP contribution in [0.15, 0.2) is 54.6 Å². The van der Waals surface area contributed by atoms with Gasteiger partial charge in [-0.1, -0.05) is 60.2 Å². The SMILES string of the molecule is CNCC(CCc1cccc(C)c1)c1ccccc1. The third-order valence-corrected chi connectivity index (χ3v) is 3.59. The van der Waals surface area contributed by atoms with Crippen molar-refractivity contribution in [1.29, 1.82) is 0 Å². The van der Waals surface area contributed by atoms with E-state index >= 15 is 0 Å². The van der Waals surface area contributed by atoms with Crippen molar-refractivity contribution in [2.24, 2.45) is 0 Å². The molecule has 1 heteroatoms. The van der Waals surface area contributed by atoms with E-state index in [1.54, 1.807) is 0 Å². The lowest BCUT2D eigenvalue weighted by Gasteiger charge is -2.17. The molecule has 2 aromatic rings. The van der Waals surface area contributed by atoms with Gasteiger partial charge in [-0.25, -0.2) is 0 Å². The second kappa shape index (κ2) is 7.10. The summed E-state index contributed by atoms with van der Waals surface area (Å²) in [5.74, 6) is 0.590. The van der Waals surface area contributed by atoms with E-state index in [-0.39, 0.29) is 0 Å². The summed E-state index contributed by atoms with van der Waals surface area (Å²) in [7, 11) is 2.03. The van der Waals surface area contributed by atoms with Crippen LogP contribution in [0.1, 0.15) is 29.0 Å². The lowest BCUT2D eigenvalue weighted by molar-refractivity contribution is 0.584. The van der Waals surface area contributed by atoms with Gasteiger partial charge in [-0.2, -0.15) is 0 Å². The maximum atomic E-state index is 3.31. The van der Waals surface area contributed by atoms with Gasteiger partial charge in [0.05, 0.1) is 0 Å². The van der Waals surface area contributed by atoms with E-state index < -0.39 is 0 Å². The first-order valence-corrected chi connectivity index (χ1v) is 7.04. The Morgan fingerprint density at radius 2 is 1.79 bits per heavy atom. The average Bonchev–Trinajstić information content (AvgIpc) is 2.44. The number of benzene rings is 2. The summed E-state index contributed by atoms with van der Waals surface area (Å²) in [5.41, 5.74) is 4.23. The Labute approximate surface area is 116 Å². The molecule has 2 rings (SSSR count). The Hall–Kier alpha value is -1.60. The highest BCUT2D eigenvalue weighted by molar-refractivity contribution is 5.24. The molecule has 0 amide bonds. The number of nitrogens with one attached hydrogen (secondary N) is 1. The lowest BCUT2D eigenvalue weighted by Crippen LogP contribution is -2.17. The van der Waals surface area contributed by atoms with Crippen molar-refractivity contribution in [3.8, 4) is 0 Å². The molecule has 0 aliphatic rings. The molecule has 2 aromatic carbocycles. The molecule has 1 unspecified atom stereocenters. The number of likely N-dealkylation sites (N-methyl/N-ethyl adjacent to an activating group) is 1. The van der Waals surface area contributed by atoms with Crippen molar-refractivity contribution < 1.29 is 0 Å². The molecule has 0 radical (unpaired) electrons. The largest absolute Gasteiger partial charge is 0.319 e. The number of hydrogen-bond donors (Lipinski definition) is 1. The predicted octanol–water partition coefficient (Wildman–Crippen LogP) is 3.93. The third kappa shape index (κ3) is 4.22. The van der Waals surface area contributed by atoms with Gasteiger partial charge in [0.1, 0.15) is 0 Å². The van der Waals surface area contributed by atoms with Crippen molar-refractivity contribution >= 4 is 0 Å². The number of hydrogen-bond acceptors (Lipinski definition) is 1. The van der Waals surface area contributed by atoms with E-state index in [0.717, 1.165) is 13.0 Å². The van der Waals surface area contributed by atoms with Crippen LogP contribution in [0, 0.1) is 6.92 Å². The standard InChI is InChI=1S/C18H23N/c1-15-7-6-8-16(13-15)11-12-18(14-19-2)17-9-4-3-5-10-17/h3-10,13,18-19H,11-12,14H2,1-2H3. The average molecular weight is 253 g/mol. The zero-order valence-electron chi connectivity index (χ0n) is 11.9. The summed E-state index contributed by atoms with van der Waals surface area (Å²) in [5, 5.41) is 3.31. The molecular formula is C18H23N. The van der Waals surface area contributed by atoms with E-state index in [2.05, 4.69) is 66.8 Å². The van der Waals surface area contributed by atoms with Crippen LogP contribution in [0.2, 0.25) is 0 Å². The molecule has 1 atom stereocenters. The van der Waals surface area contributed by atoms with Crippen LogP contribution in [-0.2, 0) is 6.42 Å². The van der Waals surface area contributed by atoms with Gasteiger partial charge in [0, 0.05) is 6.54 Å². The molecule has 0 heterocycles. The van der Waals surface area contributed by atoms with Crippen molar-refractivity contribution in [1.82, 2.24) is 5.32 Å². The number of rotatable bonds is 6. The Kier molecular flexibility index (Phi) is 5.17. The summed E-state index contributed by atoms with van der Waals surface area (Å²) in [6.07, 6.45) is 2.33. The maximum absolute atomic E-state index is 3.31. The predicted molar refractivity (Wildman–Crippen MR) is 82.6 cm³/mol. The van der Waals surface area contributed by atoms with Crippen LogP contribution in [-0.4, -0.2) is 13.6 Å². The molecule has 0 aliphatic carbocycles. The molecular weight excluding hydrogens is 230 g/mol. The van der Waals surface area contributed by atoms with Gasteiger partial charge < -0.3 is 5.32 Å². The fourth-order valence-electron chi connectivity index (χ4n) is 2.57. The van der Waals surface area contributed by atoms with Crippen molar-refractivity contribution in [2.75, 3.05) is 13.6 Å². The van der Waals surface area contributed by atoms with Gasteiger partial charge in [0.15, 0.2) is 0 Å². The lowest BCUT2D eigenvalue weighted by atomic mass is 9.92. The molecule has 19 heavy (non-hydrogen) atoms. The Bertz CT molecular complexity index is 490. The van der Waals surface area contributed by atoms with Gasteiger partial charge in [0.2, 0.25) is 0 Å². The smallest absolute Gasteiger partial charge is 0.00172 e. The van der Waals surface area contributed by atoms with E-state index in [1.165, 1.54) is 23.1 Å². The molecule has 0 bridgehead atoms. The van der Waals surface area contributed by atoms with E-state index in [9.17, 15) is 0 Å². The van der Waals surface area contributed by atoms with Gasteiger partial charge in [-0.3, -0.25) is 0 Å². The first-order valence-electron chi connectivity index (χ1n) is 7.04. The van der Waals surface area contributed by atoms with Gasteiger partial charge in [-0.05, 0) is 43.9 Å². The topological polar surface area (TPSA) is 12.0 Å². The molecule has 0 saturated carbocycles. The summed E-state index contributed by atoms with van der Waals surface area (Å²) in [6, 6.07) is 19.6. The molecule has 0 aliphatic heterocycles. The Balaban J connectivity index is 2.01. The second-order valence-corrected chi connectivity index (χ2v) is 5.19. The first kappa shape index (κ1) is 13.8. The minimum Gasteiger partial charge on any atom is -0.319 e. The summed E-state index contributed by atoms with van der Waals surface area (Å²) < 4.78 is 0. The zero-order valence-corrected chi connectivity index (χ0v) is 11.9. The minimum atomic E-state index is 0.590. The number of aryl methyl sites for hydroxylation is 2. The minimum absolute atomic E-state index is 0.590. The van der Waals surface area contributed by atoms with Gasteiger partial charge in [0.25, 0.3) is 0 Å². The summed E-state index contributed by atoms with van der Waals surface area (Å²) >= 11 is 0. The van der Waals surface area contributed by atoms with Crippen LogP contribution >= 0.6 is 0 Å². The van der Waals surface area contributed by atoms with Crippen LogP contribution in [0.4, 0.5) is 0 Å². The van der Waals surface area contributed by atoms with Crippen molar-refractivity contribution in [2.45, 2.75) is 25.7 Å². The highest BCUT2D eigenvalue weighted by Crippen LogP contribution is 2.21. The fourth-order valence-corrected chi connectivity index (χ4v) is 2.57. The van der Waals surface area contributed by atoms with Crippen molar-refractivity contribution in [3.05, 3.63) is 71.3 Å². The third-order valence-electron chi connectivity index (χ3n) is 3.59. The highest BCUT2D eigenvalue weighted by atomic mass is 14.8. The Morgan fingerprint density at radius 3 is 2.47 bits per heavy atom. The second-order valence-electron chi connectivity index (χ2n) is 5.19. The molecule has 100 valence electrons. The molecule has 0 spiro atoms. The molecule has 1 N–H and O–H groups in total. The monoisotopic (exact) mass is 253 g/mol. The quantitative estimate of drug-likeness (QED) is 0.822. The highest BCUT2D eigenvalue weighted by Gasteiger charge is 2.10.